The van der Waals surface area contributed by atoms with Crippen LogP contribution in [-0.4, -0.2) is 4.57 Å². The maximum atomic E-state index is 12.7. The predicted octanol–water partition coefficient (Wildman–Crippen LogP) is 3.04. The van der Waals surface area contributed by atoms with Crippen LogP contribution >= 0.6 is 0 Å². The normalized spacial score (nSPS) is 11.2. The highest BCUT2D eigenvalue weighted by Crippen LogP contribution is 2.30. The Morgan fingerprint density at radius 1 is 1.20 bits per heavy atom. The summed E-state index contributed by atoms with van der Waals surface area (Å²) in [6.45, 7) is 1.51. The molecule has 102 valence electrons. The number of aromatic nitrogens is 1. The first-order valence-corrected chi connectivity index (χ1v) is 5.65. The van der Waals surface area contributed by atoms with Gasteiger partial charge in [-0.1, -0.05) is 6.07 Å². The molecule has 0 aliphatic rings. The molecule has 0 bridgehead atoms. The summed E-state index contributed by atoms with van der Waals surface area (Å²) in [5.74, 6) is 0. The Labute approximate surface area is 112 Å². The summed E-state index contributed by atoms with van der Waals surface area (Å²) >= 11 is 0. The van der Waals surface area contributed by atoms with Gasteiger partial charge in [0.1, 0.15) is 6.07 Å². The van der Waals surface area contributed by atoms with Crippen molar-refractivity contribution in [1.82, 2.24) is 4.57 Å². The average molecular weight is 278 g/mol. The van der Waals surface area contributed by atoms with Gasteiger partial charge in [-0.25, -0.2) is 0 Å². The van der Waals surface area contributed by atoms with E-state index in [0.29, 0.717) is 5.69 Å². The number of hydrogen-bond acceptors (Lipinski definition) is 2. The standard InChI is InChI=1S/C14H9F3N2O/c1-9-10(8-18)5-6-13(20)19(9)12-4-2-3-11(7-12)14(15,16)17/h2-7H,1H3. The van der Waals surface area contributed by atoms with Gasteiger partial charge in [0.05, 0.1) is 11.1 Å². The first kappa shape index (κ1) is 13.9. The maximum Gasteiger partial charge on any atom is 0.416 e. The molecule has 0 N–H and O–H groups in total. The molecule has 0 amide bonds. The van der Waals surface area contributed by atoms with Gasteiger partial charge in [0.15, 0.2) is 0 Å². The van der Waals surface area contributed by atoms with Crippen LogP contribution in [0.15, 0.2) is 41.2 Å². The van der Waals surface area contributed by atoms with Crippen LogP contribution in [-0.2, 0) is 6.18 Å². The monoisotopic (exact) mass is 278 g/mol. The van der Waals surface area contributed by atoms with Crippen molar-refractivity contribution in [2.45, 2.75) is 13.1 Å². The SMILES string of the molecule is Cc1c(C#N)ccc(=O)n1-c1cccc(C(F)(F)F)c1. The predicted molar refractivity (Wildman–Crippen MR) is 66.5 cm³/mol. The molecule has 0 radical (unpaired) electrons. The van der Waals surface area contributed by atoms with Crippen molar-refractivity contribution >= 4 is 0 Å². The molecule has 6 heteroatoms. The van der Waals surface area contributed by atoms with Gasteiger partial charge in [-0.05, 0) is 31.2 Å². The molecule has 2 aromatic rings. The summed E-state index contributed by atoms with van der Waals surface area (Å²) in [5, 5.41) is 8.92. The number of nitrogens with zero attached hydrogens (tertiary/aromatic N) is 2. The second-order valence-electron chi connectivity index (χ2n) is 4.17. The molecule has 1 heterocycles. The number of halogens is 3. The molecule has 0 aliphatic heterocycles. The van der Waals surface area contributed by atoms with Gasteiger partial charge in [-0.3, -0.25) is 9.36 Å². The number of rotatable bonds is 1. The van der Waals surface area contributed by atoms with Crippen LogP contribution in [0.2, 0.25) is 0 Å². The molecule has 0 atom stereocenters. The third kappa shape index (κ3) is 2.43. The van der Waals surface area contributed by atoms with Crippen LogP contribution in [0.1, 0.15) is 16.8 Å². The smallest absolute Gasteiger partial charge is 0.280 e. The van der Waals surface area contributed by atoms with E-state index in [1.165, 1.54) is 25.1 Å². The molecular formula is C14H9F3N2O. The fourth-order valence-corrected chi connectivity index (χ4v) is 1.90. The first-order valence-electron chi connectivity index (χ1n) is 5.65. The van der Waals surface area contributed by atoms with Crippen LogP contribution in [0.25, 0.3) is 5.69 Å². The second-order valence-corrected chi connectivity index (χ2v) is 4.17. The maximum absolute atomic E-state index is 12.7. The molecule has 0 saturated carbocycles. The van der Waals surface area contributed by atoms with E-state index in [2.05, 4.69) is 0 Å². The molecule has 1 aromatic carbocycles. The zero-order chi connectivity index (χ0) is 14.9. The Hall–Kier alpha value is -2.55. The molecule has 0 aliphatic carbocycles. The highest BCUT2D eigenvalue weighted by molar-refractivity contribution is 5.43. The van der Waals surface area contributed by atoms with Crippen molar-refractivity contribution in [2.75, 3.05) is 0 Å². The molecule has 2 rings (SSSR count). The Balaban J connectivity index is 2.70. The summed E-state index contributed by atoms with van der Waals surface area (Å²) in [6.07, 6.45) is -4.49. The van der Waals surface area contributed by atoms with E-state index < -0.39 is 17.3 Å². The topological polar surface area (TPSA) is 45.8 Å². The quantitative estimate of drug-likeness (QED) is 0.804. The van der Waals surface area contributed by atoms with Crippen LogP contribution in [0.3, 0.4) is 0 Å². The van der Waals surface area contributed by atoms with Crippen molar-refractivity contribution in [3.05, 3.63) is 63.6 Å². The fraction of sp³-hybridized carbons (Fsp3) is 0.143. The molecule has 1 aromatic heterocycles. The Morgan fingerprint density at radius 2 is 1.90 bits per heavy atom. The zero-order valence-electron chi connectivity index (χ0n) is 10.4. The minimum Gasteiger partial charge on any atom is -0.280 e. The lowest BCUT2D eigenvalue weighted by Gasteiger charge is -2.13. The fourth-order valence-electron chi connectivity index (χ4n) is 1.90. The number of pyridine rings is 1. The molecule has 0 spiro atoms. The van der Waals surface area contributed by atoms with Crippen LogP contribution in [0, 0.1) is 18.3 Å². The third-order valence-electron chi connectivity index (χ3n) is 2.89. The molecule has 20 heavy (non-hydrogen) atoms. The number of hydrogen-bond donors (Lipinski definition) is 0. The lowest BCUT2D eigenvalue weighted by molar-refractivity contribution is -0.137. The van der Waals surface area contributed by atoms with Gasteiger partial charge in [-0.2, -0.15) is 18.4 Å². The van der Waals surface area contributed by atoms with E-state index in [1.807, 2.05) is 6.07 Å². The van der Waals surface area contributed by atoms with E-state index in [-0.39, 0.29) is 11.3 Å². The van der Waals surface area contributed by atoms with E-state index >= 15 is 0 Å². The van der Waals surface area contributed by atoms with Crippen molar-refractivity contribution < 1.29 is 13.2 Å². The molecule has 0 fully saturated rings. The highest BCUT2D eigenvalue weighted by Gasteiger charge is 2.30. The lowest BCUT2D eigenvalue weighted by Crippen LogP contribution is -2.21. The minimum absolute atomic E-state index is 0.0828. The number of benzene rings is 1. The summed E-state index contributed by atoms with van der Waals surface area (Å²) < 4.78 is 39.2. The third-order valence-corrected chi connectivity index (χ3v) is 2.89. The number of nitriles is 1. The van der Waals surface area contributed by atoms with Crippen molar-refractivity contribution in [3.8, 4) is 11.8 Å². The van der Waals surface area contributed by atoms with Gasteiger partial charge in [0.25, 0.3) is 5.56 Å². The largest absolute Gasteiger partial charge is 0.416 e. The summed E-state index contributed by atoms with van der Waals surface area (Å²) in [4.78, 5) is 11.8. The Morgan fingerprint density at radius 3 is 2.50 bits per heavy atom. The summed E-state index contributed by atoms with van der Waals surface area (Å²) in [6, 6.07) is 8.84. The van der Waals surface area contributed by atoms with E-state index in [4.69, 9.17) is 5.26 Å². The zero-order valence-corrected chi connectivity index (χ0v) is 10.4. The van der Waals surface area contributed by atoms with E-state index in [9.17, 15) is 18.0 Å². The lowest BCUT2D eigenvalue weighted by atomic mass is 10.1. The average Bonchev–Trinajstić information content (AvgIpc) is 2.38. The summed E-state index contributed by atoms with van der Waals surface area (Å²) in [5.41, 5.74) is -0.703. The Kier molecular flexibility index (Phi) is 3.36. The van der Waals surface area contributed by atoms with Gasteiger partial charge in [0, 0.05) is 17.4 Å². The van der Waals surface area contributed by atoms with Crippen LogP contribution in [0.4, 0.5) is 13.2 Å². The van der Waals surface area contributed by atoms with E-state index in [0.717, 1.165) is 22.8 Å². The van der Waals surface area contributed by atoms with Gasteiger partial charge < -0.3 is 0 Å². The Bertz CT molecular complexity index is 754. The van der Waals surface area contributed by atoms with Crippen molar-refractivity contribution in [1.29, 1.82) is 5.26 Å². The van der Waals surface area contributed by atoms with Crippen molar-refractivity contribution in [3.63, 3.8) is 0 Å². The van der Waals surface area contributed by atoms with Crippen molar-refractivity contribution in [2.24, 2.45) is 0 Å². The van der Waals surface area contributed by atoms with Gasteiger partial charge in [0.2, 0.25) is 0 Å². The second kappa shape index (κ2) is 4.85. The highest BCUT2D eigenvalue weighted by atomic mass is 19.4. The molecule has 3 nitrogen and oxygen atoms in total. The number of alkyl halides is 3. The first-order chi connectivity index (χ1) is 9.34. The molecule has 0 unspecified atom stereocenters. The minimum atomic E-state index is -4.49. The van der Waals surface area contributed by atoms with Crippen LogP contribution in [0.5, 0.6) is 0 Å². The van der Waals surface area contributed by atoms with Crippen LogP contribution < -0.4 is 5.56 Å². The van der Waals surface area contributed by atoms with E-state index in [1.54, 1.807) is 0 Å². The van der Waals surface area contributed by atoms with Gasteiger partial charge >= 0.3 is 6.18 Å². The summed E-state index contributed by atoms with van der Waals surface area (Å²) in [7, 11) is 0. The molecular weight excluding hydrogens is 269 g/mol. The molecule has 0 saturated heterocycles. The van der Waals surface area contributed by atoms with Gasteiger partial charge in [-0.15, -0.1) is 0 Å².